The molecule has 1 aromatic carbocycles. The van der Waals surface area contributed by atoms with Gasteiger partial charge >= 0.3 is 0 Å². The molecule has 1 saturated heterocycles. The first kappa shape index (κ1) is 22.3. The van der Waals surface area contributed by atoms with Crippen LogP contribution in [-0.2, 0) is 14.8 Å². The maximum absolute atomic E-state index is 12.7. The number of aromatic nitrogens is 2. The van der Waals surface area contributed by atoms with Crippen molar-refractivity contribution < 1.29 is 13.2 Å². The lowest BCUT2D eigenvalue weighted by atomic mass is 10.1. The van der Waals surface area contributed by atoms with Crippen molar-refractivity contribution >= 4 is 55.3 Å². The predicted octanol–water partition coefficient (Wildman–Crippen LogP) is 3.17. The normalized spacial score (nSPS) is 15.8. The summed E-state index contributed by atoms with van der Waals surface area (Å²) in [5.74, 6) is -0.200. The number of amides is 1. The molecule has 0 aliphatic carbocycles. The number of rotatable bonds is 6. The lowest BCUT2D eigenvalue weighted by molar-refractivity contribution is -0.117. The second kappa shape index (κ2) is 9.31. The number of benzene rings is 1. The van der Waals surface area contributed by atoms with E-state index in [1.54, 1.807) is 6.07 Å². The van der Waals surface area contributed by atoms with Crippen molar-refractivity contribution in [1.29, 1.82) is 0 Å². The molecule has 1 aliphatic heterocycles. The summed E-state index contributed by atoms with van der Waals surface area (Å²) in [4.78, 5) is 14.4. The third-order valence-electron chi connectivity index (χ3n) is 4.89. The fraction of sp³-hybridized carbons (Fsp3) is 0.316. The number of piperazine rings is 1. The Balaban J connectivity index is 1.30. The van der Waals surface area contributed by atoms with Crippen LogP contribution in [0.5, 0.6) is 0 Å². The average molecular weight is 498 g/mol. The molecule has 0 unspecified atom stereocenters. The number of hydrogen-bond acceptors (Lipinski definition) is 8. The number of anilines is 1. The van der Waals surface area contributed by atoms with Gasteiger partial charge in [0.25, 0.3) is 10.0 Å². The maximum Gasteiger partial charge on any atom is 0.252 e. The minimum absolute atomic E-state index is 0.165. The summed E-state index contributed by atoms with van der Waals surface area (Å²) >= 11 is 8.24. The first-order valence-electron chi connectivity index (χ1n) is 9.50. The van der Waals surface area contributed by atoms with Gasteiger partial charge in [-0.15, -0.1) is 21.5 Å². The number of halogens is 1. The number of thiophene rings is 1. The highest BCUT2D eigenvalue weighted by Crippen LogP contribution is 2.29. The number of sulfonamides is 1. The van der Waals surface area contributed by atoms with Crippen molar-refractivity contribution in [3.63, 3.8) is 0 Å². The molecule has 0 saturated carbocycles. The molecule has 4 rings (SSSR count). The van der Waals surface area contributed by atoms with Gasteiger partial charge in [-0.3, -0.25) is 15.0 Å². The Bertz CT molecular complexity index is 1190. The number of aryl methyl sites for hydroxylation is 1. The van der Waals surface area contributed by atoms with Crippen LogP contribution in [0.3, 0.4) is 0 Å². The van der Waals surface area contributed by atoms with Crippen molar-refractivity contribution in [2.24, 2.45) is 0 Å². The molecule has 0 bridgehead atoms. The van der Waals surface area contributed by atoms with Crippen LogP contribution in [0.25, 0.3) is 10.6 Å². The summed E-state index contributed by atoms with van der Waals surface area (Å²) in [5.41, 5.74) is 2.08. The zero-order valence-corrected chi connectivity index (χ0v) is 19.8. The van der Waals surface area contributed by atoms with Gasteiger partial charge in [0, 0.05) is 31.7 Å². The summed E-state index contributed by atoms with van der Waals surface area (Å²) in [5, 5.41) is 12.2. The third-order valence-corrected chi connectivity index (χ3v) is 9.36. The van der Waals surface area contributed by atoms with Crippen LogP contribution in [0, 0.1) is 6.92 Å². The summed E-state index contributed by atoms with van der Waals surface area (Å²) < 4.78 is 27.5. The highest BCUT2D eigenvalue weighted by Gasteiger charge is 2.30. The lowest BCUT2D eigenvalue weighted by Gasteiger charge is -2.33. The molecule has 164 valence electrons. The lowest BCUT2D eigenvalue weighted by Crippen LogP contribution is -2.50. The molecular weight excluding hydrogens is 478 g/mol. The predicted molar refractivity (Wildman–Crippen MR) is 123 cm³/mol. The smallest absolute Gasteiger partial charge is 0.252 e. The molecule has 1 amide bonds. The topological polar surface area (TPSA) is 95.5 Å². The second-order valence-corrected chi connectivity index (χ2v) is 11.9. The van der Waals surface area contributed by atoms with E-state index in [-0.39, 0.29) is 16.7 Å². The Morgan fingerprint density at radius 1 is 1.10 bits per heavy atom. The third kappa shape index (κ3) is 5.13. The first-order valence-corrected chi connectivity index (χ1v) is 13.0. The van der Waals surface area contributed by atoms with Gasteiger partial charge in [-0.1, -0.05) is 47.2 Å². The quantitative estimate of drug-likeness (QED) is 0.562. The van der Waals surface area contributed by atoms with Crippen LogP contribution in [0.4, 0.5) is 5.13 Å². The molecule has 1 fully saturated rings. The van der Waals surface area contributed by atoms with E-state index in [0.717, 1.165) is 27.5 Å². The van der Waals surface area contributed by atoms with Crippen LogP contribution in [0.1, 0.15) is 5.56 Å². The van der Waals surface area contributed by atoms with E-state index >= 15 is 0 Å². The van der Waals surface area contributed by atoms with Gasteiger partial charge in [-0.05, 0) is 24.6 Å². The first-order chi connectivity index (χ1) is 14.8. The largest absolute Gasteiger partial charge is 0.299 e. The van der Waals surface area contributed by atoms with Crippen molar-refractivity contribution in [1.82, 2.24) is 19.4 Å². The summed E-state index contributed by atoms with van der Waals surface area (Å²) in [6, 6.07) is 11.0. The maximum atomic E-state index is 12.7. The Hall–Kier alpha value is -1.89. The molecule has 1 aliphatic rings. The summed E-state index contributed by atoms with van der Waals surface area (Å²) in [6.45, 7) is 3.75. The molecule has 31 heavy (non-hydrogen) atoms. The number of hydrogen-bond donors (Lipinski definition) is 1. The number of nitrogens with zero attached hydrogens (tertiary/aromatic N) is 4. The minimum atomic E-state index is -3.55. The molecule has 12 heteroatoms. The fourth-order valence-corrected chi connectivity index (χ4v) is 7.16. The number of nitrogens with one attached hydrogen (secondary N) is 1. The van der Waals surface area contributed by atoms with Crippen LogP contribution in [0.15, 0.2) is 40.6 Å². The van der Waals surface area contributed by atoms with Gasteiger partial charge < -0.3 is 0 Å². The molecule has 3 aromatic rings. The summed E-state index contributed by atoms with van der Waals surface area (Å²) in [7, 11) is -3.55. The van der Waals surface area contributed by atoms with E-state index in [1.807, 2.05) is 36.1 Å². The molecule has 3 heterocycles. The van der Waals surface area contributed by atoms with Gasteiger partial charge in [0.1, 0.15) is 9.22 Å². The number of carbonyl (C=O) groups is 1. The summed E-state index contributed by atoms with van der Waals surface area (Å²) in [6.07, 6.45) is 0. The Morgan fingerprint density at radius 2 is 1.84 bits per heavy atom. The minimum Gasteiger partial charge on any atom is -0.299 e. The highest BCUT2D eigenvalue weighted by atomic mass is 35.5. The van der Waals surface area contributed by atoms with Gasteiger partial charge in [-0.2, -0.15) is 4.31 Å². The molecule has 2 aromatic heterocycles. The zero-order valence-electron chi connectivity index (χ0n) is 16.6. The standard InChI is InChI=1S/C19H20ClN5O3S3/c1-13-4-2-3-5-14(13)18-22-23-19(30-18)21-16(26)12-24-8-10-25(11-9-24)31(27,28)17-7-6-15(20)29-17/h2-7H,8-12H2,1H3,(H,21,23,26). The SMILES string of the molecule is Cc1ccccc1-c1nnc(NC(=O)CN2CCN(S(=O)(=O)c3ccc(Cl)s3)CC2)s1. The van der Waals surface area contributed by atoms with Crippen molar-refractivity contribution in [2.45, 2.75) is 11.1 Å². The van der Waals surface area contributed by atoms with E-state index in [4.69, 9.17) is 11.6 Å². The van der Waals surface area contributed by atoms with E-state index < -0.39 is 10.0 Å². The van der Waals surface area contributed by atoms with Crippen molar-refractivity contribution in [3.8, 4) is 10.6 Å². The molecular formula is C19H20ClN5O3S3. The average Bonchev–Trinajstić information content (AvgIpc) is 3.38. The molecule has 0 radical (unpaired) electrons. The molecule has 8 nitrogen and oxygen atoms in total. The van der Waals surface area contributed by atoms with Gasteiger partial charge in [0.05, 0.1) is 10.9 Å². The van der Waals surface area contributed by atoms with E-state index in [0.29, 0.717) is 35.6 Å². The van der Waals surface area contributed by atoms with Crippen LogP contribution >= 0.6 is 34.3 Å². The molecule has 0 spiro atoms. The van der Waals surface area contributed by atoms with Gasteiger partial charge in [0.15, 0.2) is 0 Å². The van der Waals surface area contributed by atoms with Gasteiger partial charge in [0.2, 0.25) is 11.0 Å². The fourth-order valence-electron chi connectivity index (χ4n) is 3.25. The molecule has 1 N–H and O–H groups in total. The Kier molecular flexibility index (Phi) is 6.70. The van der Waals surface area contributed by atoms with Crippen LogP contribution < -0.4 is 5.32 Å². The van der Waals surface area contributed by atoms with E-state index in [1.165, 1.54) is 21.7 Å². The Morgan fingerprint density at radius 3 is 2.52 bits per heavy atom. The van der Waals surface area contributed by atoms with Crippen molar-refractivity contribution in [2.75, 3.05) is 38.0 Å². The van der Waals surface area contributed by atoms with Gasteiger partial charge in [-0.25, -0.2) is 8.42 Å². The monoisotopic (exact) mass is 497 g/mol. The van der Waals surface area contributed by atoms with Crippen LogP contribution in [-0.4, -0.2) is 66.5 Å². The van der Waals surface area contributed by atoms with E-state index in [9.17, 15) is 13.2 Å². The van der Waals surface area contributed by atoms with Crippen molar-refractivity contribution in [3.05, 3.63) is 46.3 Å². The molecule has 0 atom stereocenters. The van der Waals surface area contributed by atoms with Crippen LogP contribution in [0.2, 0.25) is 4.34 Å². The Labute approximate surface area is 193 Å². The zero-order chi connectivity index (χ0) is 22.0. The number of carbonyl (C=O) groups excluding carboxylic acids is 1. The second-order valence-electron chi connectivity index (χ2n) is 7.01. The highest BCUT2D eigenvalue weighted by molar-refractivity contribution is 7.91. The van der Waals surface area contributed by atoms with E-state index in [2.05, 4.69) is 15.5 Å².